The molecule has 0 aromatic heterocycles. The van der Waals surface area contributed by atoms with Crippen LogP contribution >= 0.6 is 0 Å². The number of aliphatic imine (C=N–C) groups is 1. The topological polar surface area (TPSA) is 50.7 Å². The summed E-state index contributed by atoms with van der Waals surface area (Å²) in [5, 5.41) is 2.81. The van der Waals surface area contributed by atoms with Crippen molar-refractivity contribution < 1.29 is 9.53 Å². The highest BCUT2D eigenvalue weighted by Gasteiger charge is 2.41. The molecular formula is C11H20N2O2. The predicted molar refractivity (Wildman–Crippen MR) is 60.0 cm³/mol. The Balaban J connectivity index is 2.94. The molecule has 86 valence electrons. The fourth-order valence-corrected chi connectivity index (χ4v) is 1.53. The molecule has 0 radical (unpaired) electrons. The molecular weight excluding hydrogens is 192 g/mol. The van der Waals surface area contributed by atoms with Crippen molar-refractivity contribution in [1.29, 1.82) is 0 Å². The number of rotatable bonds is 4. The summed E-state index contributed by atoms with van der Waals surface area (Å²) in [6, 6.07) is 0. The Bertz CT molecular complexity index is 297. The maximum Gasteiger partial charge on any atom is 0.252 e. The highest BCUT2D eigenvalue weighted by atomic mass is 16.5. The third-order valence-corrected chi connectivity index (χ3v) is 2.82. The van der Waals surface area contributed by atoms with Crippen LogP contribution in [-0.4, -0.2) is 29.5 Å². The van der Waals surface area contributed by atoms with Crippen molar-refractivity contribution in [2.24, 2.45) is 4.99 Å². The summed E-state index contributed by atoms with van der Waals surface area (Å²) in [6.45, 7) is 10.1. The molecule has 1 heterocycles. The SMILES string of the molecule is CCOC(C)(CC)C1=NC(C)(C)C(=O)N1. The van der Waals surface area contributed by atoms with Crippen LogP contribution < -0.4 is 5.32 Å². The van der Waals surface area contributed by atoms with Crippen LogP contribution in [0.15, 0.2) is 4.99 Å². The number of amides is 1. The minimum absolute atomic E-state index is 0.0584. The molecule has 0 aliphatic carbocycles. The molecule has 1 amide bonds. The zero-order valence-corrected chi connectivity index (χ0v) is 10.2. The standard InChI is InChI=1S/C11H20N2O2/c1-6-11(5,15-7-2)8-12-9(14)10(3,4)13-8/h6-7H2,1-5H3,(H,12,13,14). The molecule has 1 unspecified atom stereocenters. The van der Waals surface area contributed by atoms with Crippen LogP contribution in [0.4, 0.5) is 0 Å². The Hall–Kier alpha value is -0.900. The Morgan fingerprint density at radius 3 is 2.40 bits per heavy atom. The molecule has 15 heavy (non-hydrogen) atoms. The normalized spacial score (nSPS) is 23.3. The van der Waals surface area contributed by atoms with Crippen LogP contribution in [0.1, 0.15) is 41.0 Å². The van der Waals surface area contributed by atoms with E-state index in [2.05, 4.69) is 10.3 Å². The first kappa shape index (κ1) is 12.2. The summed E-state index contributed by atoms with van der Waals surface area (Å²) in [4.78, 5) is 16.0. The Morgan fingerprint density at radius 2 is 2.07 bits per heavy atom. The predicted octanol–water partition coefficient (Wildman–Crippen LogP) is 1.50. The molecule has 0 saturated heterocycles. The number of hydrogen-bond acceptors (Lipinski definition) is 3. The zero-order chi connectivity index (χ0) is 11.7. The fraction of sp³-hybridized carbons (Fsp3) is 0.818. The van der Waals surface area contributed by atoms with E-state index in [0.29, 0.717) is 12.4 Å². The van der Waals surface area contributed by atoms with E-state index in [1.54, 1.807) is 13.8 Å². The summed E-state index contributed by atoms with van der Waals surface area (Å²) in [7, 11) is 0. The van der Waals surface area contributed by atoms with Crippen molar-refractivity contribution in [2.45, 2.75) is 52.2 Å². The lowest BCUT2D eigenvalue weighted by molar-refractivity contribution is -0.122. The van der Waals surface area contributed by atoms with Gasteiger partial charge in [-0.1, -0.05) is 6.92 Å². The molecule has 1 atom stereocenters. The lowest BCUT2D eigenvalue weighted by atomic mass is 10.0. The number of carbonyl (C=O) groups excluding carboxylic acids is 1. The fourth-order valence-electron chi connectivity index (χ4n) is 1.53. The second-order valence-corrected chi connectivity index (χ2v) is 4.49. The maximum atomic E-state index is 11.6. The molecule has 4 heteroatoms. The van der Waals surface area contributed by atoms with Gasteiger partial charge < -0.3 is 10.1 Å². The van der Waals surface area contributed by atoms with Gasteiger partial charge in [-0.2, -0.15) is 0 Å². The average molecular weight is 212 g/mol. The number of carbonyl (C=O) groups is 1. The monoisotopic (exact) mass is 212 g/mol. The van der Waals surface area contributed by atoms with Gasteiger partial charge >= 0.3 is 0 Å². The summed E-state index contributed by atoms with van der Waals surface area (Å²) in [5.41, 5.74) is -1.14. The lowest BCUT2D eigenvalue weighted by Gasteiger charge is -2.27. The maximum absolute atomic E-state index is 11.6. The van der Waals surface area contributed by atoms with E-state index in [-0.39, 0.29) is 5.91 Å². The molecule has 0 aromatic rings. The van der Waals surface area contributed by atoms with Crippen LogP contribution in [0, 0.1) is 0 Å². The number of ether oxygens (including phenoxy) is 1. The van der Waals surface area contributed by atoms with Crippen LogP contribution in [0.3, 0.4) is 0 Å². The molecule has 0 fully saturated rings. The van der Waals surface area contributed by atoms with Crippen LogP contribution in [-0.2, 0) is 9.53 Å². The quantitative estimate of drug-likeness (QED) is 0.767. The van der Waals surface area contributed by atoms with Gasteiger partial charge in [-0.3, -0.25) is 9.79 Å². The molecule has 1 N–H and O–H groups in total. The first-order valence-electron chi connectivity index (χ1n) is 5.41. The Morgan fingerprint density at radius 1 is 1.47 bits per heavy atom. The van der Waals surface area contributed by atoms with Crippen LogP contribution in [0.25, 0.3) is 0 Å². The van der Waals surface area contributed by atoms with Gasteiger partial charge in [0.05, 0.1) is 0 Å². The van der Waals surface area contributed by atoms with Crippen molar-refractivity contribution in [1.82, 2.24) is 5.32 Å². The van der Waals surface area contributed by atoms with Crippen LogP contribution in [0.5, 0.6) is 0 Å². The molecule has 0 spiro atoms. The van der Waals surface area contributed by atoms with Gasteiger partial charge in [-0.25, -0.2) is 0 Å². The van der Waals surface area contributed by atoms with Gasteiger partial charge in [-0.15, -0.1) is 0 Å². The van der Waals surface area contributed by atoms with Gasteiger partial charge in [0.25, 0.3) is 5.91 Å². The summed E-state index contributed by atoms with van der Waals surface area (Å²) < 4.78 is 5.66. The van der Waals surface area contributed by atoms with Gasteiger partial charge in [0.1, 0.15) is 17.0 Å². The molecule has 1 rings (SSSR count). The number of nitrogens with zero attached hydrogens (tertiary/aromatic N) is 1. The van der Waals surface area contributed by atoms with E-state index >= 15 is 0 Å². The van der Waals surface area contributed by atoms with E-state index < -0.39 is 11.1 Å². The van der Waals surface area contributed by atoms with Crippen molar-refractivity contribution in [3.63, 3.8) is 0 Å². The van der Waals surface area contributed by atoms with Crippen molar-refractivity contribution >= 4 is 11.7 Å². The minimum Gasteiger partial charge on any atom is -0.368 e. The second kappa shape index (κ2) is 3.93. The number of amidine groups is 1. The third kappa shape index (κ3) is 2.20. The Labute approximate surface area is 91.1 Å². The highest BCUT2D eigenvalue weighted by Crippen LogP contribution is 2.24. The smallest absolute Gasteiger partial charge is 0.252 e. The van der Waals surface area contributed by atoms with E-state index in [4.69, 9.17) is 4.74 Å². The van der Waals surface area contributed by atoms with E-state index in [9.17, 15) is 4.79 Å². The molecule has 1 aliphatic rings. The number of nitrogens with one attached hydrogen (secondary N) is 1. The summed E-state index contributed by atoms with van der Waals surface area (Å²) in [5.74, 6) is 0.596. The summed E-state index contributed by atoms with van der Waals surface area (Å²) >= 11 is 0. The third-order valence-electron chi connectivity index (χ3n) is 2.82. The largest absolute Gasteiger partial charge is 0.368 e. The Kier molecular flexibility index (Phi) is 3.19. The van der Waals surface area contributed by atoms with E-state index in [1.165, 1.54) is 0 Å². The van der Waals surface area contributed by atoms with Gasteiger partial charge in [0.15, 0.2) is 0 Å². The molecule has 0 aromatic carbocycles. The van der Waals surface area contributed by atoms with Crippen molar-refractivity contribution in [2.75, 3.05) is 6.61 Å². The first-order valence-corrected chi connectivity index (χ1v) is 5.41. The van der Waals surface area contributed by atoms with Gasteiger partial charge in [0.2, 0.25) is 0 Å². The minimum atomic E-state index is -0.664. The van der Waals surface area contributed by atoms with Crippen molar-refractivity contribution in [3.8, 4) is 0 Å². The molecule has 0 saturated carbocycles. The van der Waals surface area contributed by atoms with Gasteiger partial charge in [-0.05, 0) is 34.1 Å². The summed E-state index contributed by atoms with van der Waals surface area (Å²) in [6.07, 6.45) is 0.788. The molecule has 0 bridgehead atoms. The number of hydrogen-bond donors (Lipinski definition) is 1. The average Bonchev–Trinajstić information content (AvgIpc) is 2.42. The van der Waals surface area contributed by atoms with Crippen LogP contribution in [0.2, 0.25) is 0 Å². The first-order chi connectivity index (χ1) is 6.85. The van der Waals surface area contributed by atoms with Gasteiger partial charge in [0, 0.05) is 6.61 Å². The highest BCUT2D eigenvalue weighted by molar-refractivity contribution is 6.10. The van der Waals surface area contributed by atoms with Crippen molar-refractivity contribution in [3.05, 3.63) is 0 Å². The van der Waals surface area contributed by atoms with E-state index in [0.717, 1.165) is 6.42 Å². The zero-order valence-electron chi connectivity index (χ0n) is 10.2. The lowest BCUT2D eigenvalue weighted by Crippen LogP contribution is -2.46. The molecule has 4 nitrogen and oxygen atoms in total. The van der Waals surface area contributed by atoms with E-state index in [1.807, 2.05) is 20.8 Å². The molecule has 1 aliphatic heterocycles. The second-order valence-electron chi connectivity index (χ2n) is 4.49.